The molecule has 0 saturated heterocycles. The van der Waals surface area contributed by atoms with Gasteiger partial charge in [-0.1, -0.05) is 48.0 Å². The lowest BCUT2D eigenvalue weighted by Gasteiger charge is -2.05. The Morgan fingerprint density at radius 3 is 2.00 bits per heavy atom. The minimum absolute atomic E-state index is 0.0908. The van der Waals surface area contributed by atoms with E-state index in [1.165, 1.54) is 44.9 Å². The van der Waals surface area contributed by atoms with Gasteiger partial charge in [0.05, 0.1) is 0 Å². The zero-order valence-electron chi connectivity index (χ0n) is 10.4. The van der Waals surface area contributed by atoms with Crippen LogP contribution in [0, 0.1) is 0 Å². The molecule has 1 aromatic heterocycles. The van der Waals surface area contributed by atoms with E-state index in [1.54, 1.807) is 12.1 Å². The number of aryl methyl sites for hydroxylation is 1. The summed E-state index contributed by atoms with van der Waals surface area (Å²) in [6, 6.07) is 3.25. The van der Waals surface area contributed by atoms with Crippen LogP contribution in [0.3, 0.4) is 0 Å². The molecular formula is C14H22BrNO. The van der Waals surface area contributed by atoms with Crippen molar-refractivity contribution in [1.29, 1.82) is 0 Å². The van der Waals surface area contributed by atoms with Gasteiger partial charge in [0.2, 0.25) is 0 Å². The third kappa shape index (κ3) is 7.37. The Kier molecular flexibility index (Phi) is 8.06. The zero-order chi connectivity index (χ0) is 12.3. The van der Waals surface area contributed by atoms with E-state index in [1.807, 2.05) is 12.4 Å². The standard InChI is InChI=1S/C14H22BrNO/c15-10-6-4-2-1-3-5-7-11-16-12-8-14(17)9-13-16/h8-9,12-13H,1-7,10-11H2. The molecule has 0 aliphatic carbocycles. The van der Waals surface area contributed by atoms with Crippen LogP contribution >= 0.6 is 15.9 Å². The van der Waals surface area contributed by atoms with Crippen molar-refractivity contribution in [3.05, 3.63) is 34.7 Å². The predicted octanol–water partition coefficient (Wildman–Crippen LogP) is 3.97. The molecule has 0 aliphatic rings. The second kappa shape index (κ2) is 9.46. The highest BCUT2D eigenvalue weighted by Crippen LogP contribution is 2.08. The van der Waals surface area contributed by atoms with E-state index in [-0.39, 0.29) is 5.43 Å². The number of unbranched alkanes of at least 4 members (excludes halogenated alkanes) is 6. The van der Waals surface area contributed by atoms with Gasteiger partial charge in [0.1, 0.15) is 0 Å². The first kappa shape index (κ1) is 14.5. The third-order valence-corrected chi connectivity index (χ3v) is 3.47. The van der Waals surface area contributed by atoms with Crippen molar-refractivity contribution in [3.8, 4) is 0 Å². The monoisotopic (exact) mass is 299 g/mol. The number of aromatic nitrogens is 1. The maximum absolute atomic E-state index is 10.9. The van der Waals surface area contributed by atoms with Gasteiger partial charge in [-0.2, -0.15) is 0 Å². The Labute approximate surface area is 112 Å². The van der Waals surface area contributed by atoms with Crippen LogP contribution in [0.25, 0.3) is 0 Å². The fourth-order valence-corrected chi connectivity index (χ4v) is 2.26. The molecule has 0 aliphatic heterocycles. The molecule has 0 radical (unpaired) electrons. The molecule has 1 heterocycles. The van der Waals surface area contributed by atoms with E-state index in [0.717, 1.165) is 11.9 Å². The van der Waals surface area contributed by atoms with Crippen molar-refractivity contribution >= 4 is 15.9 Å². The first-order chi connectivity index (χ1) is 8.33. The van der Waals surface area contributed by atoms with Crippen LogP contribution in [-0.2, 0) is 6.54 Å². The minimum Gasteiger partial charge on any atom is -0.354 e. The first-order valence-electron chi connectivity index (χ1n) is 6.55. The van der Waals surface area contributed by atoms with Gasteiger partial charge < -0.3 is 4.57 Å². The van der Waals surface area contributed by atoms with Crippen molar-refractivity contribution in [2.45, 2.75) is 51.5 Å². The first-order valence-corrected chi connectivity index (χ1v) is 7.67. The molecular weight excluding hydrogens is 278 g/mol. The number of hydrogen-bond donors (Lipinski definition) is 0. The van der Waals surface area contributed by atoms with Crippen LogP contribution in [0.1, 0.15) is 44.9 Å². The Morgan fingerprint density at radius 2 is 1.41 bits per heavy atom. The molecule has 0 fully saturated rings. The van der Waals surface area contributed by atoms with Crippen LogP contribution < -0.4 is 5.43 Å². The predicted molar refractivity (Wildman–Crippen MR) is 76.8 cm³/mol. The van der Waals surface area contributed by atoms with Crippen molar-refractivity contribution < 1.29 is 0 Å². The number of rotatable bonds is 9. The van der Waals surface area contributed by atoms with Gasteiger partial charge in [0.25, 0.3) is 0 Å². The van der Waals surface area contributed by atoms with E-state index < -0.39 is 0 Å². The highest BCUT2D eigenvalue weighted by molar-refractivity contribution is 9.09. The molecule has 0 saturated carbocycles. The minimum atomic E-state index is 0.0908. The Balaban J connectivity index is 1.97. The Hall–Kier alpha value is -0.570. The highest BCUT2D eigenvalue weighted by Gasteiger charge is 1.92. The molecule has 0 spiro atoms. The highest BCUT2D eigenvalue weighted by atomic mass is 79.9. The summed E-state index contributed by atoms with van der Waals surface area (Å²) >= 11 is 3.45. The molecule has 1 rings (SSSR count). The van der Waals surface area contributed by atoms with Crippen molar-refractivity contribution in [1.82, 2.24) is 4.57 Å². The number of halogens is 1. The summed E-state index contributed by atoms with van der Waals surface area (Å²) in [6.07, 6.45) is 13.0. The van der Waals surface area contributed by atoms with Gasteiger partial charge in [-0.25, -0.2) is 0 Å². The molecule has 96 valence electrons. The summed E-state index contributed by atoms with van der Waals surface area (Å²) in [4.78, 5) is 10.9. The maximum Gasteiger partial charge on any atom is 0.181 e. The van der Waals surface area contributed by atoms with Gasteiger partial charge in [0, 0.05) is 36.4 Å². The van der Waals surface area contributed by atoms with Gasteiger partial charge in [-0.05, 0) is 12.8 Å². The molecule has 3 heteroatoms. The average Bonchev–Trinajstić information content (AvgIpc) is 2.35. The van der Waals surface area contributed by atoms with Crippen LogP contribution in [-0.4, -0.2) is 9.90 Å². The summed E-state index contributed by atoms with van der Waals surface area (Å²) in [5.41, 5.74) is 0.0908. The smallest absolute Gasteiger partial charge is 0.181 e. The maximum atomic E-state index is 10.9. The second-order valence-electron chi connectivity index (χ2n) is 4.44. The van der Waals surface area contributed by atoms with E-state index >= 15 is 0 Å². The van der Waals surface area contributed by atoms with E-state index in [0.29, 0.717) is 0 Å². The topological polar surface area (TPSA) is 22.0 Å². The van der Waals surface area contributed by atoms with E-state index in [4.69, 9.17) is 0 Å². The fourth-order valence-electron chi connectivity index (χ4n) is 1.87. The van der Waals surface area contributed by atoms with Crippen LogP contribution in [0.15, 0.2) is 29.3 Å². The Morgan fingerprint density at radius 1 is 0.882 bits per heavy atom. The normalized spacial score (nSPS) is 10.6. The largest absolute Gasteiger partial charge is 0.354 e. The SMILES string of the molecule is O=c1ccn(CCCCCCCCCBr)cc1. The fraction of sp³-hybridized carbons (Fsp3) is 0.643. The molecule has 0 bridgehead atoms. The number of pyridine rings is 1. The van der Waals surface area contributed by atoms with Crippen LogP contribution in [0.2, 0.25) is 0 Å². The molecule has 0 N–H and O–H groups in total. The lowest BCUT2D eigenvalue weighted by Crippen LogP contribution is -2.03. The quantitative estimate of drug-likeness (QED) is 0.499. The van der Waals surface area contributed by atoms with Crippen molar-refractivity contribution in [2.24, 2.45) is 0 Å². The third-order valence-electron chi connectivity index (χ3n) is 2.91. The summed E-state index contributed by atoms with van der Waals surface area (Å²) in [5.74, 6) is 0. The van der Waals surface area contributed by atoms with Gasteiger partial charge in [-0.3, -0.25) is 4.79 Å². The van der Waals surface area contributed by atoms with E-state index in [2.05, 4.69) is 20.5 Å². The second-order valence-corrected chi connectivity index (χ2v) is 5.23. The molecule has 0 aromatic carbocycles. The van der Waals surface area contributed by atoms with Crippen LogP contribution in [0.4, 0.5) is 0 Å². The molecule has 0 atom stereocenters. The zero-order valence-corrected chi connectivity index (χ0v) is 12.0. The van der Waals surface area contributed by atoms with Gasteiger partial charge in [0.15, 0.2) is 5.43 Å². The average molecular weight is 300 g/mol. The number of alkyl halides is 1. The molecule has 17 heavy (non-hydrogen) atoms. The molecule has 0 amide bonds. The Bertz CT molecular complexity index is 328. The van der Waals surface area contributed by atoms with Crippen molar-refractivity contribution in [3.63, 3.8) is 0 Å². The molecule has 2 nitrogen and oxygen atoms in total. The molecule has 0 unspecified atom stereocenters. The van der Waals surface area contributed by atoms with E-state index in [9.17, 15) is 4.79 Å². The summed E-state index contributed by atoms with van der Waals surface area (Å²) < 4.78 is 2.09. The molecule has 1 aromatic rings. The van der Waals surface area contributed by atoms with Crippen LogP contribution in [0.5, 0.6) is 0 Å². The van der Waals surface area contributed by atoms with Gasteiger partial charge >= 0.3 is 0 Å². The van der Waals surface area contributed by atoms with Crippen molar-refractivity contribution in [2.75, 3.05) is 5.33 Å². The lowest BCUT2D eigenvalue weighted by atomic mass is 10.1. The number of nitrogens with zero attached hydrogens (tertiary/aromatic N) is 1. The lowest BCUT2D eigenvalue weighted by molar-refractivity contribution is 0.549. The summed E-state index contributed by atoms with van der Waals surface area (Å²) in [5, 5.41) is 1.14. The summed E-state index contributed by atoms with van der Waals surface area (Å²) in [7, 11) is 0. The number of hydrogen-bond acceptors (Lipinski definition) is 1. The van der Waals surface area contributed by atoms with Gasteiger partial charge in [-0.15, -0.1) is 0 Å². The summed E-state index contributed by atoms with van der Waals surface area (Å²) in [6.45, 7) is 1.03.